The molecule has 0 N–H and O–H groups in total. The van der Waals surface area contributed by atoms with Crippen molar-refractivity contribution in [2.24, 2.45) is 0 Å². The lowest BCUT2D eigenvalue weighted by Crippen LogP contribution is -2.34. The molecule has 0 atom stereocenters. The van der Waals surface area contributed by atoms with Crippen molar-refractivity contribution in [1.82, 2.24) is 4.98 Å². The first-order valence-corrected chi connectivity index (χ1v) is 14.9. The summed E-state index contributed by atoms with van der Waals surface area (Å²) in [5.74, 6) is 2.08. The predicted octanol–water partition coefficient (Wildman–Crippen LogP) is 7.17. The number of hydrogen-bond donors (Lipinski definition) is 0. The van der Waals surface area contributed by atoms with Crippen LogP contribution in [0.15, 0.2) is 91.0 Å². The highest BCUT2D eigenvalue weighted by molar-refractivity contribution is 5.74. The molecule has 0 amide bonds. The molecule has 1 saturated heterocycles. The molecule has 0 radical (unpaired) electrons. The van der Waals surface area contributed by atoms with Crippen molar-refractivity contribution < 1.29 is 23.7 Å². The van der Waals surface area contributed by atoms with Crippen molar-refractivity contribution in [3.05, 3.63) is 108 Å². The maximum atomic E-state index is 6.35. The molecule has 7 heteroatoms. The first kappa shape index (κ1) is 26.8. The third-order valence-corrected chi connectivity index (χ3v) is 8.43. The fourth-order valence-corrected chi connectivity index (χ4v) is 6.18. The molecule has 3 heterocycles. The Morgan fingerprint density at radius 3 is 2.12 bits per heavy atom. The average Bonchev–Trinajstić information content (AvgIpc) is 3.51. The van der Waals surface area contributed by atoms with Gasteiger partial charge in [-0.25, -0.2) is 0 Å². The normalized spacial score (nSPS) is 18.0. The average molecular weight is 565 g/mol. The largest absolute Gasteiger partial charge is 0.490 e. The Balaban J connectivity index is 1.13. The summed E-state index contributed by atoms with van der Waals surface area (Å²) in [6, 6.07) is 30.9. The minimum absolute atomic E-state index is 0.349. The summed E-state index contributed by atoms with van der Waals surface area (Å²) in [6.45, 7) is 3.54. The van der Waals surface area contributed by atoms with Gasteiger partial charge in [0.25, 0.3) is 0 Å². The number of ether oxygens (including phenoxy) is 5. The van der Waals surface area contributed by atoms with E-state index in [9.17, 15) is 0 Å². The van der Waals surface area contributed by atoms with E-state index in [-0.39, 0.29) is 5.79 Å². The quantitative estimate of drug-likeness (QED) is 0.225. The van der Waals surface area contributed by atoms with E-state index in [1.165, 1.54) is 5.56 Å². The van der Waals surface area contributed by atoms with Gasteiger partial charge in [0.15, 0.2) is 5.79 Å². The van der Waals surface area contributed by atoms with Crippen LogP contribution in [0.1, 0.15) is 48.3 Å². The second kappa shape index (κ2) is 12.0. The third-order valence-electron chi connectivity index (χ3n) is 8.43. The first-order valence-electron chi connectivity index (χ1n) is 14.9. The summed E-state index contributed by atoms with van der Waals surface area (Å²) in [5.41, 5.74) is 5.39. The van der Waals surface area contributed by atoms with Gasteiger partial charge >= 0.3 is 0 Å². The van der Waals surface area contributed by atoms with Crippen LogP contribution in [0.25, 0.3) is 0 Å². The minimum Gasteiger partial charge on any atom is -0.490 e. The predicted molar refractivity (Wildman–Crippen MR) is 161 cm³/mol. The summed E-state index contributed by atoms with van der Waals surface area (Å²) in [7, 11) is 0. The molecule has 7 rings (SSSR count). The molecule has 3 aliphatic rings. The van der Waals surface area contributed by atoms with E-state index in [0.29, 0.717) is 57.3 Å². The SMILES string of the molecule is c1ccc(COc2ccc(N3CCOc4cc(C5CCC6(CC5)OCCO6)ccc43)c(OCc3ccccc3)n2)cc1. The lowest BCUT2D eigenvalue weighted by Gasteiger charge is -2.36. The minimum atomic E-state index is -0.349. The Labute approximate surface area is 247 Å². The zero-order chi connectivity index (χ0) is 28.2. The highest BCUT2D eigenvalue weighted by Gasteiger charge is 2.40. The van der Waals surface area contributed by atoms with Gasteiger partial charge in [0.1, 0.15) is 31.3 Å². The highest BCUT2D eigenvalue weighted by Crippen LogP contribution is 2.46. The van der Waals surface area contributed by atoms with Gasteiger partial charge in [-0.15, -0.1) is 0 Å². The Bertz CT molecular complexity index is 1480. The van der Waals surface area contributed by atoms with E-state index >= 15 is 0 Å². The number of benzene rings is 3. The lowest BCUT2D eigenvalue weighted by atomic mass is 9.81. The lowest BCUT2D eigenvalue weighted by molar-refractivity contribution is -0.178. The van der Waals surface area contributed by atoms with Crippen molar-refractivity contribution in [3.8, 4) is 17.5 Å². The van der Waals surface area contributed by atoms with Crippen LogP contribution >= 0.6 is 0 Å². The molecular weight excluding hydrogens is 528 g/mol. The van der Waals surface area contributed by atoms with Gasteiger partial charge in [-0.2, -0.15) is 4.98 Å². The molecule has 216 valence electrons. The van der Waals surface area contributed by atoms with E-state index in [4.69, 9.17) is 28.7 Å². The van der Waals surface area contributed by atoms with Crippen molar-refractivity contribution >= 4 is 11.4 Å². The summed E-state index contributed by atoms with van der Waals surface area (Å²) >= 11 is 0. The Morgan fingerprint density at radius 1 is 0.738 bits per heavy atom. The monoisotopic (exact) mass is 564 g/mol. The van der Waals surface area contributed by atoms with Gasteiger partial charge in [-0.1, -0.05) is 66.7 Å². The van der Waals surface area contributed by atoms with Crippen LogP contribution < -0.4 is 19.1 Å². The molecule has 1 aliphatic carbocycles. The number of nitrogens with zero attached hydrogens (tertiary/aromatic N) is 2. The van der Waals surface area contributed by atoms with E-state index in [0.717, 1.165) is 53.9 Å². The van der Waals surface area contributed by atoms with Crippen LogP contribution in [0.5, 0.6) is 17.5 Å². The van der Waals surface area contributed by atoms with Crippen LogP contribution in [-0.2, 0) is 22.7 Å². The van der Waals surface area contributed by atoms with Crippen LogP contribution in [0.3, 0.4) is 0 Å². The van der Waals surface area contributed by atoms with E-state index in [1.54, 1.807) is 0 Å². The van der Waals surface area contributed by atoms with Crippen molar-refractivity contribution in [2.75, 3.05) is 31.3 Å². The Morgan fingerprint density at radius 2 is 1.40 bits per heavy atom. The van der Waals surface area contributed by atoms with Gasteiger partial charge in [0.2, 0.25) is 11.8 Å². The molecular formula is C35H36N2O5. The third kappa shape index (κ3) is 5.80. The summed E-state index contributed by atoms with van der Waals surface area (Å²) in [6.07, 6.45) is 3.98. The summed E-state index contributed by atoms with van der Waals surface area (Å²) < 4.78 is 30.5. The topological polar surface area (TPSA) is 62.3 Å². The standard InChI is InChI=1S/C35H36N2O5/c1-3-7-26(8-4-1)24-39-33-14-13-31(34(36-33)40-25-27-9-5-2-6-10-27)37-19-20-38-32-23-29(11-12-30(32)37)28-15-17-35(18-16-28)41-21-22-42-35/h1-14,23,28H,15-22,24-25H2. The zero-order valence-corrected chi connectivity index (χ0v) is 23.7. The Kier molecular flexibility index (Phi) is 7.68. The fourth-order valence-electron chi connectivity index (χ4n) is 6.18. The van der Waals surface area contributed by atoms with E-state index in [2.05, 4.69) is 35.2 Å². The molecule has 2 fully saturated rings. The number of pyridine rings is 1. The van der Waals surface area contributed by atoms with Crippen LogP contribution in [-0.4, -0.2) is 37.1 Å². The molecule has 1 saturated carbocycles. The number of aromatic nitrogens is 1. The first-order chi connectivity index (χ1) is 20.7. The molecule has 4 aromatic rings. The fraction of sp³-hybridized carbons (Fsp3) is 0.343. The number of hydrogen-bond acceptors (Lipinski definition) is 7. The Hall–Kier alpha value is -4.07. The van der Waals surface area contributed by atoms with Gasteiger partial charge in [0.05, 0.1) is 25.4 Å². The molecule has 42 heavy (non-hydrogen) atoms. The van der Waals surface area contributed by atoms with Crippen molar-refractivity contribution in [2.45, 2.75) is 50.6 Å². The zero-order valence-electron chi connectivity index (χ0n) is 23.7. The molecule has 1 aromatic heterocycles. The van der Waals surface area contributed by atoms with E-state index < -0.39 is 0 Å². The van der Waals surface area contributed by atoms with Crippen LogP contribution in [0, 0.1) is 0 Å². The maximum absolute atomic E-state index is 6.35. The maximum Gasteiger partial charge on any atom is 0.241 e. The van der Waals surface area contributed by atoms with Gasteiger partial charge in [0, 0.05) is 18.9 Å². The molecule has 0 unspecified atom stereocenters. The van der Waals surface area contributed by atoms with Crippen molar-refractivity contribution in [1.29, 1.82) is 0 Å². The highest BCUT2D eigenvalue weighted by atomic mass is 16.7. The summed E-state index contributed by atoms with van der Waals surface area (Å²) in [4.78, 5) is 7.07. The van der Waals surface area contributed by atoms with E-state index in [1.807, 2.05) is 60.7 Å². The molecule has 7 nitrogen and oxygen atoms in total. The van der Waals surface area contributed by atoms with Gasteiger partial charge < -0.3 is 28.6 Å². The number of anilines is 2. The number of fused-ring (bicyclic) bond motifs is 1. The van der Waals surface area contributed by atoms with Gasteiger partial charge in [-0.3, -0.25) is 0 Å². The van der Waals surface area contributed by atoms with Crippen molar-refractivity contribution in [3.63, 3.8) is 0 Å². The second-order valence-electron chi connectivity index (χ2n) is 11.1. The van der Waals surface area contributed by atoms with Crippen LogP contribution in [0.2, 0.25) is 0 Å². The van der Waals surface area contributed by atoms with Gasteiger partial charge in [-0.05, 0) is 53.6 Å². The summed E-state index contributed by atoms with van der Waals surface area (Å²) in [5, 5.41) is 0. The number of rotatable bonds is 8. The molecule has 0 bridgehead atoms. The molecule has 3 aromatic carbocycles. The van der Waals surface area contributed by atoms with Crippen LogP contribution in [0.4, 0.5) is 11.4 Å². The second-order valence-corrected chi connectivity index (χ2v) is 11.1. The molecule has 1 spiro atoms. The smallest absolute Gasteiger partial charge is 0.241 e. The molecule has 2 aliphatic heterocycles.